The topological polar surface area (TPSA) is 69.7 Å². The Hall–Kier alpha value is -2.22. The van der Waals surface area contributed by atoms with Gasteiger partial charge in [0, 0.05) is 32.7 Å². The zero-order valence-electron chi connectivity index (χ0n) is 16.8. The first-order valence-corrected chi connectivity index (χ1v) is 11.6. The van der Waals surface area contributed by atoms with E-state index in [1.165, 1.54) is 9.87 Å². The van der Waals surface area contributed by atoms with Crippen molar-refractivity contribution >= 4 is 15.9 Å². The van der Waals surface area contributed by atoms with Crippen molar-refractivity contribution in [3.05, 3.63) is 71.8 Å². The van der Waals surface area contributed by atoms with Gasteiger partial charge in [-0.15, -0.1) is 0 Å². The smallest absolute Gasteiger partial charge is 0.234 e. The average Bonchev–Trinajstić information content (AvgIpc) is 2.73. The summed E-state index contributed by atoms with van der Waals surface area (Å²) in [5, 5.41) is 2.99. The molecule has 0 aromatic heterocycles. The van der Waals surface area contributed by atoms with Gasteiger partial charge in [0.1, 0.15) is 0 Å². The van der Waals surface area contributed by atoms with Gasteiger partial charge in [-0.25, -0.2) is 8.42 Å². The maximum absolute atomic E-state index is 12.6. The Kier molecular flexibility index (Phi) is 7.41. The first-order valence-electron chi connectivity index (χ1n) is 10.00. The minimum atomic E-state index is -3.33. The molecule has 0 radical (unpaired) electrons. The van der Waals surface area contributed by atoms with E-state index >= 15 is 0 Å². The lowest BCUT2D eigenvalue weighted by Crippen LogP contribution is -2.51. The highest BCUT2D eigenvalue weighted by molar-refractivity contribution is 7.88. The van der Waals surface area contributed by atoms with E-state index in [4.69, 9.17) is 0 Å². The molecule has 1 saturated heterocycles. The number of benzene rings is 2. The molecule has 0 bridgehead atoms. The van der Waals surface area contributed by atoms with Gasteiger partial charge in [-0.05, 0) is 17.0 Å². The van der Waals surface area contributed by atoms with E-state index in [-0.39, 0.29) is 17.6 Å². The average molecular weight is 416 g/mol. The molecule has 1 atom stereocenters. The van der Waals surface area contributed by atoms with Gasteiger partial charge in [0.15, 0.2) is 0 Å². The molecule has 0 spiro atoms. The van der Waals surface area contributed by atoms with Crippen LogP contribution in [0.5, 0.6) is 0 Å². The highest BCUT2D eigenvalue weighted by Gasteiger charge is 2.27. The maximum Gasteiger partial charge on any atom is 0.234 e. The molecular weight excluding hydrogens is 386 g/mol. The largest absolute Gasteiger partial charge is 0.354 e. The van der Waals surface area contributed by atoms with Crippen LogP contribution in [-0.4, -0.2) is 62.8 Å². The minimum absolute atomic E-state index is 0.0195. The molecule has 0 saturated carbocycles. The zero-order valence-corrected chi connectivity index (χ0v) is 17.6. The molecule has 6 nitrogen and oxygen atoms in total. The number of piperazine rings is 1. The maximum atomic E-state index is 12.6. The lowest BCUT2D eigenvalue weighted by Gasteiger charge is -2.33. The lowest BCUT2D eigenvalue weighted by atomic mass is 10.0. The summed E-state index contributed by atoms with van der Waals surface area (Å²) in [6.45, 7) is 4.95. The number of nitrogens with zero attached hydrogens (tertiary/aromatic N) is 2. The molecule has 1 heterocycles. The van der Waals surface area contributed by atoms with E-state index in [9.17, 15) is 13.2 Å². The molecule has 1 aliphatic heterocycles. The number of nitrogens with one attached hydrogen (secondary N) is 1. The summed E-state index contributed by atoms with van der Waals surface area (Å²) in [5.74, 6) is 0.250. The van der Waals surface area contributed by atoms with Crippen molar-refractivity contribution in [2.45, 2.75) is 18.6 Å². The molecular formula is C22H29N3O3S. The molecule has 1 aliphatic rings. The summed E-state index contributed by atoms with van der Waals surface area (Å²) in [4.78, 5) is 14.3. The second-order valence-electron chi connectivity index (χ2n) is 7.53. The van der Waals surface area contributed by atoms with Gasteiger partial charge in [-0.2, -0.15) is 4.31 Å². The van der Waals surface area contributed by atoms with E-state index in [2.05, 4.69) is 24.4 Å². The van der Waals surface area contributed by atoms with Crippen molar-refractivity contribution < 1.29 is 13.2 Å². The Balaban J connectivity index is 1.41. The molecule has 2 aromatic carbocycles. The number of amides is 1. The Labute approximate surface area is 173 Å². The van der Waals surface area contributed by atoms with E-state index < -0.39 is 10.0 Å². The molecule has 1 amide bonds. The monoisotopic (exact) mass is 415 g/mol. The first-order chi connectivity index (χ1) is 13.9. The second-order valence-corrected chi connectivity index (χ2v) is 9.50. The Bertz CT molecular complexity index is 880. The van der Waals surface area contributed by atoms with Crippen LogP contribution in [0.3, 0.4) is 0 Å². The molecule has 3 rings (SSSR count). The van der Waals surface area contributed by atoms with Crippen molar-refractivity contribution in [3.8, 4) is 0 Å². The molecule has 0 aliphatic carbocycles. The van der Waals surface area contributed by atoms with Gasteiger partial charge < -0.3 is 5.32 Å². The van der Waals surface area contributed by atoms with Crippen molar-refractivity contribution in [1.29, 1.82) is 0 Å². The minimum Gasteiger partial charge on any atom is -0.354 e. The van der Waals surface area contributed by atoms with Gasteiger partial charge in [0.25, 0.3) is 0 Å². The quantitative estimate of drug-likeness (QED) is 0.717. The summed E-state index contributed by atoms with van der Waals surface area (Å²) in [6, 6.07) is 19.3. The van der Waals surface area contributed by atoms with Crippen LogP contribution in [0.15, 0.2) is 60.7 Å². The van der Waals surface area contributed by atoms with Gasteiger partial charge in [0.05, 0.1) is 12.3 Å². The highest BCUT2D eigenvalue weighted by atomic mass is 32.2. The first kappa shape index (κ1) is 21.5. The predicted molar refractivity (Wildman–Crippen MR) is 115 cm³/mol. The third-order valence-electron chi connectivity index (χ3n) is 5.26. The van der Waals surface area contributed by atoms with Crippen LogP contribution in [0.25, 0.3) is 0 Å². The summed E-state index contributed by atoms with van der Waals surface area (Å²) in [6.07, 6.45) is 0. The van der Waals surface area contributed by atoms with Crippen LogP contribution >= 0.6 is 0 Å². The SMILES string of the molecule is C[C@@H](CNC(=O)CN1CCN(S(=O)(=O)Cc2ccccc2)CC1)c1ccccc1. The molecule has 0 unspecified atom stereocenters. The Morgan fingerprint density at radius 3 is 2.17 bits per heavy atom. The zero-order chi connectivity index (χ0) is 20.7. The third-order valence-corrected chi connectivity index (χ3v) is 7.11. The number of carbonyl (C=O) groups excluding carboxylic acids is 1. The molecule has 156 valence electrons. The summed E-state index contributed by atoms with van der Waals surface area (Å²) in [5.41, 5.74) is 1.99. The number of carbonyl (C=O) groups is 1. The summed E-state index contributed by atoms with van der Waals surface area (Å²) in [7, 11) is -3.33. The number of sulfonamides is 1. The van der Waals surface area contributed by atoms with Crippen LogP contribution < -0.4 is 5.32 Å². The fourth-order valence-corrected chi connectivity index (χ4v) is 4.98. The van der Waals surface area contributed by atoms with Gasteiger partial charge in [-0.3, -0.25) is 9.69 Å². The third kappa shape index (κ3) is 6.39. The van der Waals surface area contributed by atoms with Crippen molar-refractivity contribution in [2.75, 3.05) is 39.3 Å². The fourth-order valence-electron chi connectivity index (χ4n) is 3.47. The second kappa shape index (κ2) is 10.0. The molecule has 7 heteroatoms. The predicted octanol–water partition coefficient (Wildman–Crippen LogP) is 2.05. The summed E-state index contributed by atoms with van der Waals surface area (Å²) < 4.78 is 26.8. The van der Waals surface area contributed by atoms with E-state index in [0.717, 1.165) is 5.56 Å². The van der Waals surface area contributed by atoms with Crippen LogP contribution in [-0.2, 0) is 20.6 Å². The number of rotatable bonds is 8. The molecule has 1 N–H and O–H groups in total. The Morgan fingerprint density at radius 2 is 1.55 bits per heavy atom. The van der Waals surface area contributed by atoms with Crippen molar-refractivity contribution in [3.63, 3.8) is 0 Å². The van der Waals surface area contributed by atoms with E-state index in [0.29, 0.717) is 39.3 Å². The lowest BCUT2D eigenvalue weighted by molar-refractivity contribution is -0.122. The van der Waals surface area contributed by atoms with Crippen LogP contribution in [0.1, 0.15) is 24.0 Å². The standard InChI is InChI=1S/C22H29N3O3S/c1-19(21-10-6-3-7-11-21)16-23-22(26)17-24-12-14-25(15-13-24)29(27,28)18-20-8-4-2-5-9-20/h2-11,19H,12-18H2,1H3,(H,23,26)/t19-/m0/s1. The molecule has 29 heavy (non-hydrogen) atoms. The van der Waals surface area contributed by atoms with Gasteiger partial charge in [0.2, 0.25) is 15.9 Å². The normalized spacial score (nSPS) is 17.0. The van der Waals surface area contributed by atoms with Crippen LogP contribution in [0.4, 0.5) is 0 Å². The van der Waals surface area contributed by atoms with Gasteiger partial charge >= 0.3 is 0 Å². The van der Waals surface area contributed by atoms with Crippen molar-refractivity contribution in [1.82, 2.24) is 14.5 Å². The number of hydrogen-bond acceptors (Lipinski definition) is 4. The highest BCUT2D eigenvalue weighted by Crippen LogP contribution is 2.14. The van der Waals surface area contributed by atoms with Crippen molar-refractivity contribution in [2.24, 2.45) is 0 Å². The molecule has 2 aromatic rings. The molecule has 1 fully saturated rings. The Morgan fingerprint density at radius 1 is 0.966 bits per heavy atom. The van der Waals surface area contributed by atoms with Crippen LogP contribution in [0.2, 0.25) is 0 Å². The van der Waals surface area contributed by atoms with Crippen LogP contribution in [0, 0.1) is 0 Å². The number of hydrogen-bond donors (Lipinski definition) is 1. The fraction of sp³-hybridized carbons (Fsp3) is 0.409. The van der Waals surface area contributed by atoms with Gasteiger partial charge in [-0.1, -0.05) is 67.6 Å². The summed E-state index contributed by atoms with van der Waals surface area (Å²) >= 11 is 0. The van der Waals surface area contributed by atoms with E-state index in [1.807, 2.05) is 53.4 Å². The van der Waals surface area contributed by atoms with E-state index in [1.54, 1.807) is 0 Å².